The molecule has 2 aromatic carbocycles. The van der Waals surface area contributed by atoms with Crippen molar-refractivity contribution in [3.63, 3.8) is 0 Å². The average molecular weight is 408 g/mol. The Balaban J connectivity index is 1.67. The second kappa shape index (κ2) is 7.78. The fourth-order valence-corrected chi connectivity index (χ4v) is 3.17. The van der Waals surface area contributed by atoms with Gasteiger partial charge in [-0.1, -0.05) is 0 Å². The first kappa shape index (κ1) is 19.3. The lowest BCUT2D eigenvalue weighted by atomic mass is 10.1. The van der Waals surface area contributed by atoms with Crippen molar-refractivity contribution in [3.8, 4) is 22.8 Å². The van der Waals surface area contributed by atoms with Gasteiger partial charge in [-0.05, 0) is 24.3 Å². The van der Waals surface area contributed by atoms with E-state index >= 15 is 0 Å². The van der Waals surface area contributed by atoms with Crippen LogP contribution in [0.5, 0.6) is 11.5 Å². The monoisotopic (exact) mass is 408 g/mol. The molecule has 4 aromatic rings. The zero-order valence-electron chi connectivity index (χ0n) is 16.2. The number of ether oxygens (including phenoxy) is 2. The van der Waals surface area contributed by atoms with Gasteiger partial charge in [0, 0.05) is 17.0 Å². The highest BCUT2D eigenvalue weighted by Crippen LogP contribution is 2.26. The highest BCUT2D eigenvalue weighted by molar-refractivity contribution is 6.03. The molecule has 152 valence electrons. The molecule has 8 nitrogen and oxygen atoms in total. The van der Waals surface area contributed by atoms with Gasteiger partial charge >= 0.3 is 5.97 Å². The molecule has 0 aliphatic carbocycles. The van der Waals surface area contributed by atoms with Gasteiger partial charge in [0.15, 0.2) is 0 Å². The first-order chi connectivity index (χ1) is 14.5. The minimum atomic E-state index is -0.584. The van der Waals surface area contributed by atoms with Crippen LogP contribution in [0.3, 0.4) is 0 Å². The number of aromatic nitrogens is 4. The predicted octanol–water partition coefficient (Wildman–Crippen LogP) is 3.18. The van der Waals surface area contributed by atoms with Crippen molar-refractivity contribution in [3.05, 3.63) is 66.0 Å². The van der Waals surface area contributed by atoms with E-state index in [2.05, 4.69) is 15.1 Å². The number of methoxy groups -OCH3 is 2. The van der Waals surface area contributed by atoms with Crippen LogP contribution in [0.2, 0.25) is 0 Å². The van der Waals surface area contributed by atoms with Gasteiger partial charge in [-0.25, -0.2) is 9.18 Å². The lowest BCUT2D eigenvalue weighted by molar-refractivity contribution is 0.0602. The molecule has 2 aromatic heterocycles. The van der Waals surface area contributed by atoms with Crippen LogP contribution in [-0.2, 0) is 11.3 Å². The summed E-state index contributed by atoms with van der Waals surface area (Å²) >= 11 is 0. The summed E-state index contributed by atoms with van der Waals surface area (Å²) in [6, 6.07) is 7.14. The van der Waals surface area contributed by atoms with Crippen molar-refractivity contribution in [1.29, 1.82) is 0 Å². The van der Waals surface area contributed by atoms with Gasteiger partial charge in [0.1, 0.15) is 17.3 Å². The Labute approximate surface area is 170 Å². The number of carbonyl (C=O) groups excluding carboxylic acids is 1. The Hall–Kier alpha value is -4.01. The number of aromatic hydroxyl groups is 1. The Morgan fingerprint density at radius 2 is 1.93 bits per heavy atom. The molecule has 0 saturated heterocycles. The molecule has 0 aliphatic heterocycles. The Morgan fingerprint density at radius 3 is 2.63 bits per heavy atom. The summed E-state index contributed by atoms with van der Waals surface area (Å²) in [6.07, 6.45) is 4.63. The first-order valence-electron chi connectivity index (χ1n) is 8.91. The fourth-order valence-electron chi connectivity index (χ4n) is 3.17. The molecular formula is C21H17FN4O4. The van der Waals surface area contributed by atoms with Crippen molar-refractivity contribution < 1.29 is 23.8 Å². The van der Waals surface area contributed by atoms with E-state index in [0.29, 0.717) is 33.6 Å². The molecule has 0 radical (unpaired) electrons. The third-order valence-electron chi connectivity index (χ3n) is 4.54. The van der Waals surface area contributed by atoms with E-state index in [9.17, 15) is 14.3 Å². The second-order valence-electron chi connectivity index (χ2n) is 6.50. The number of esters is 1. The minimum absolute atomic E-state index is 0.0582. The van der Waals surface area contributed by atoms with Crippen molar-refractivity contribution in [2.75, 3.05) is 14.2 Å². The Bertz CT molecular complexity index is 1240. The summed E-state index contributed by atoms with van der Waals surface area (Å²) in [4.78, 5) is 20.9. The zero-order chi connectivity index (χ0) is 21.3. The third kappa shape index (κ3) is 3.64. The van der Waals surface area contributed by atoms with Gasteiger partial charge in [0.25, 0.3) is 0 Å². The molecule has 0 fully saturated rings. The van der Waals surface area contributed by atoms with Crippen LogP contribution >= 0.6 is 0 Å². The lowest BCUT2D eigenvalue weighted by Crippen LogP contribution is -2.09. The number of carbonyl (C=O) groups is 1. The average Bonchev–Trinajstić information content (AvgIpc) is 3.14. The maximum atomic E-state index is 13.7. The number of nitrogens with zero attached hydrogens (tertiary/aromatic N) is 4. The van der Waals surface area contributed by atoms with Gasteiger partial charge in [-0.2, -0.15) is 5.10 Å². The predicted molar refractivity (Wildman–Crippen MR) is 106 cm³/mol. The Morgan fingerprint density at radius 1 is 1.10 bits per heavy atom. The summed E-state index contributed by atoms with van der Waals surface area (Å²) in [6.45, 7) is 0.234. The molecular weight excluding hydrogens is 391 g/mol. The number of hydrogen-bond acceptors (Lipinski definition) is 7. The van der Waals surface area contributed by atoms with Gasteiger partial charge in [0.2, 0.25) is 0 Å². The van der Waals surface area contributed by atoms with Crippen molar-refractivity contribution in [2.24, 2.45) is 0 Å². The molecule has 0 unspecified atom stereocenters. The summed E-state index contributed by atoms with van der Waals surface area (Å²) in [5.74, 6) is -0.689. The molecule has 0 spiro atoms. The van der Waals surface area contributed by atoms with Crippen LogP contribution in [-0.4, -0.2) is 45.0 Å². The fraction of sp³-hybridized carbons (Fsp3) is 0.143. The van der Waals surface area contributed by atoms with E-state index in [0.717, 1.165) is 0 Å². The quantitative estimate of drug-likeness (QED) is 0.506. The van der Waals surface area contributed by atoms with Crippen LogP contribution in [0.15, 0.2) is 48.9 Å². The maximum Gasteiger partial charge on any atom is 0.340 e. The molecule has 2 heterocycles. The number of benzene rings is 2. The van der Waals surface area contributed by atoms with E-state index in [1.54, 1.807) is 23.1 Å². The van der Waals surface area contributed by atoms with Crippen LogP contribution in [0.25, 0.3) is 22.2 Å². The summed E-state index contributed by atoms with van der Waals surface area (Å²) in [5, 5.41) is 14.7. The number of halogens is 1. The van der Waals surface area contributed by atoms with Crippen LogP contribution < -0.4 is 4.74 Å². The lowest BCUT2D eigenvalue weighted by Gasteiger charge is -2.08. The van der Waals surface area contributed by atoms with Crippen molar-refractivity contribution >= 4 is 16.9 Å². The molecule has 1 N–H and O–H groups in total. The number of phenols is 1. The number of hydrogen-bond donors (Lipinski definition) is 1. The molecule has 0 amide bonds. The molecule has 4 rings (SSSR count). The molecule has 0 aliphatic rings. The zero-order valence-corrected chi connectivity index (χ0v) is 16.2. The van der Waals surface area contributed by atoms with E-state index in [1.165, 1.54) is 44.7 Å². The SMILES string of the molecule is COC(=O)c1cc(O)cc2cnn(Cc3cnc(-c4cc(F)cc(OC)c4)cn3)c12. The normalized spacial score (nSPS) is 10.9. The van der Waals surface area contributed by atoms with Crippen LogP contribution in [0.4, 0.5) is 4.39 Å². The van der Waals surface area contributed by atoms with E-state index in [-0.39, 0.29) is 17.9 Å². The molecule has 30 heavy (non-hydrogen) atoms. The largest absolute Gasteiger partial charge is 0.508 e. The summed E-state index contributed by atoms with van der Waals surface area (Å²) < 4.78 is 25.2. The molecule has 9 heteroatoms. The van der Waals surface area contributed by atoms with Gasteiger partial charge in [0.05, 0.1) is 61.8 Å². The van der Waals surface area contributed by atoms with Gasteiger partial charge < -0.3 is 14.6 Å². The standard InChI is InChI=1S/C21H17FN4O4/c1-29-17-5-12(3-14(22)6-17)19-10-23-15(9-24-19)11-26-20-13(8-25-26)4-16(27)7-18(20)21(28)30-2/h3-10,27H,11H2,1-2H3. The van der Waals surface area contributed by atoms with Gasteiger partial charge in [-0.15, -0.1) is 0 Å². The van der Waals surface area contributed by atoms with E-state index < -0.39 is 11.8 Å². The number of phenolic OH excluding ortho intramolecular Hbond substituents is 1. The van der Waals surface area contributed by atoms with E-state index in [4.69, 9.17) is 9.47 Å². The van der Waals surface area contributed by atoms with E-state index in [1.807, 2.05) is 0 Å². The molecule has 0 atom stereocenters. The summed E-state index contributed by atoms with van der Waals surface area (Å²) in [5.41, 5.74) is 2.32. The molecule has 0 saturated carbocycles. The van der Waals surface area contributed by atoms with Crippen LogP contribution in [0.1, 0.15) is 16.1 Å². The molecule has 0 bridgehead atoms. The topological polar surface area (TPSA) is 99.4 Å². The van der Waals surface area contributed by atoms with Crippen LogP contribution in [0, 0.1) is 5.82 Å². The third-order valence-corrected chi connectivity index (χ3v) is 4.54. The number of fused-ring (bicyclic) bond motifs is 1. The highest BCUT2D eigenvalue weighted by Gasteiger charge is 2.17. The summed E-state index contributed by atoms with van der Waals surface area (Å²) in [7, 11) is 2.73. The second-order valence-corrected chi connectivity index (χ2v) is 6.50. The van der Waals surface area contributed by atoms with Gasteiger partial charge in [-0.3, -0.25) is 14.6 Å². The first-order valence-corrected chi connectivity index (χ1v) is 8.91. The maximum absolute atomic E-state index is 13.7. The smallest absolute Gasteiger partial charge is 0.340 e. The highest BCUT2D eigenvalue weighted by atomic mass is 19.1. The van der Waals surface area contributed by atoms with Crippen molar-refractivity contribution in [2.45, 2.75) is 6.54 Å². The Kier molecular flexibility index (Phi) is 5.01. The van der Waals surface area contributed by atoms with Crippen molar-refractivity contribution in [1.82, 2.24) is 19.7 Å². The number of rotatable bonds is 5. The minimum Gasteiger partial charge on any atom is -0.508 e.